The number of nitrogens with zero attached hydrogens (tertiary/aromatic N) is 9. The van der Waals surface area contributed by atoms with Gasteiger partial charge in [-0.1, -0.05) is 31.2 Å². The highest BCUT2D eigenvalue weighted by molar-refractivity contribution is 7.23. The summed E-state index contributed by atoms with van der Waals surface area (Å²) in [7, 11) is 1.31. The monoisotopic (exact) mass is 1150 g/mol. The first-order valence-corrected chi connectivity index (χ1v) is 27.5. The van der Waals surface area contributed by atoms with Crippen LogP contribution in [0.15, 0.2) is 59.4 Å². The molecule has 0 radical (unpaired) electrons. The molecule has 3 N–H and O–H groups in total. The van der Waals surface area contributed by atoms with Gasteiger partial charge in [0.05, 0.1) is 61.1 Å². The molecule has 5 aliphatic heterocycles. The maximum absolute atomic E-state index is 17.5. The Labute approximate surface area is 468 Å². The Hall–Kier alpha value is -7.91. The van der Waals surface area contributed by atoms with Gasteiger partial charge in [-0.3, -0.25) is 19.4 Å². The minimum Gasteiger partial charge on any atom is -0.461 e. The number of esters is 1. The Bertz CT molecular complexity index is 4040. The molecule has 81 heavy (non-hydrogen) atoms. The van der Waals surface area contributed by atoms with Gasteiger partial charge < -0.3 is 39.4 Å². The summed E-state index contributed by atoms with van der Waals surface area (Å²) in [6.07, 6.45) is -1.48. The van der Waals surface area contributed by atoms with Crippen LogP contribution in [-0.4, -0.2) is 123 Å². The summed E-state index contributed by atoms with van der Waals surface area (Å²) < 4.78 is 82.2. The third-order valence-electron chi connectivity index (χ3n) is 16.7. The summed E-state index contributed by atoms with van der Waals surface area (Å²) in [6.45, 7) is 10.0. The molecule has 3 fully saturated rings. The van der Waals surface area contributed by atoms with Crippen LogP contribution in [0.1, 0.15) is 68.7 Å². The van der Waals surface area contributed by atoms with E-state index in [1.165, 1.54) is 41.6 Å². The van der Waals surface area contributed by atoms with Crippen molar-refractivity contribution in [2.75, 3.05) is 61.9 Å². The number of halogens is 5. The van der Waals surface area contributed by atoms with Gasteiger partial charge in [0, 0.05) is 84.6 Å². The number of thiophene rings is 1. The van der Waals surface area contributed by atoms with Crippen molar-refractivity contribution < 1.29 is 51.3 Å². The molecular weight excluding hydrogens is 1100 g/mol. The highest BCUT2D eigenvalue weighted by Gasteiger charge is 2.50. The number of nitrogens with two attached hydrogens (primary N) is 1. The number of nitriles is 1. The summed E-state index contributed by atoms with van der Waals surface area (Å²) in [4.78, 5) is 74.7. The lowest BCUT2D eigenvalue weighted by atomic mass is 9.86. The van der Waals surface area contributed by atoms with Crippen molar-refractivity contribution in [3.8, 4) is 34.6 Å². The van der Waals surface area contributed by atoms with Crippen molar-refractivity contribution in [3.63, 3.8) is 0 Å². The lowest BCUT2D eigenvalue weighted by Gasteiger charge is -2.41. The number of hydrogen-bond acceptors (Lipinski definition) is 16. The molecule has 3 aromatic carbocycles. The normalized spacial score (nSPS) is 21.6. The Balaban J connectivity index is 0.775. The molecule has 12 rings (SSSR count). The molecule has 2 amide bonds. The van der Waals surface area contributed by atoms with Crippen LogP contribution in [0, 0.1) is 28.8 Å². The minimum absolute atomic E-state index is 0.0300. The molecule has 3 saturated heterocycles. The van der Waals surface area contributed by atoms with E-state index in [-0.39, 0.29) is 146 Å². The van der Waals surface area contributed by atoms with Crippen LogP contribution in [0.2, 0.25) is 5.02 Å². The molecule has 0 aliphatic carbocycles. The molecule has 0 spiro atoms. The molecule has 0 bridgehead atoms. The van der Waals surface area contributed by atoms with E-state index in [1.54, 1.807) is 19.1 Å². The number of hydrogen-bond donors (Lipinski definition) is 2. The molecular formula is C57H51ClF4N10O8S. The summed E-state index contributed by atoms with van der Waals surface area (Å²) in [5.74, 6) is -3.54. The van der Waals surface area contributed by atoms with Gasteiger partial charge >= 0.3 is 18.1 Å². The number of cyclic esters (lactones) is 1. The molecule has 4 aromatic heterocycles. The smallest absolute Gasteiger partial charge is 0.414 e. The summed E-state index contributed by atoms with van der Waals surface area (Å²) >= 11 is 7.83. The van der Waals surface area contributed by atoms with E-state index in [0.29, 0.717) is 35.3 Å². The van der Waals surface area contributed by atoms with E-state index in [1.807, 2.05) is 17.9 Å². The number of amides is 2. The Morgan fingerprint density at radius 1 is 1.10 bits per heavy atom. The van der Waals surface area contributed by atoms with Crippen molar-refractivity contribution in [3.05, 3.63) is 110 Å². The third-order valence-corrected chi connectivity index (χ3v) is 18.0. The van der Waals surface area contributed by atoms with Gasteiger partial charge in [0.2, 0.25) is 0 Å². The number of fused-ring (bicyclic) bond motifs is 8. The number of benzene rings is 3. The second kappa shape index (κ2) is 19.7. The number of carbonyl (C=O) groups is 3. The Kier molecular flexibility index (Phi) is 13.0. The fourth-order valence-electron chi connectivity index (χ4n) is 12.3. The molecule has 24 heteroatoms. The molecule has 5 atom stereocenters. The van der Waals surface area contributed by atoms with Crippen LogP contribution >= 0.6 is 22.9 Å². The lowest BCUT2D eigenvalue weighted by Crippen LogP contribution is -2.55. The van der Waals surface area contributed by atoms with Gasteiger partial charge in [0.25, 0.3) is 11.5 Å². The predicted octanol–water partition coefficient (Wildman–Crippen LogP) is 8.64. The zero-order valence-electron chi connectivity index (χ0n) is 44.2. The topological polar surface area (TPSA) is 223 Å². The highest BCUT2D eigenvalue weighted by atomic mass is 35.5. The number of rotatable bonds is 10. The largest absolute Gasteiger partial charge is 0.461 e. The standard InChI is InChI=1S/C57H51ClF4N10O8S/c1-6-57(77)36-17-42-46-30(22-72(42)52(74)35(36)24-78-53(57)75)14-29-15-41(39(61)18-40(29)65-46)68(5)55(76)80-28(4)27(3)51(73)69-12-13-71(26(2)21-69)50-33-16-37(58)44(32-8-9-38(60)48-43(32)34(20-63)49(64)81-48)45(62)47(33)66-54(67-50)79-25-56-10-7-11-70(56)23-31(59)19-56/h8-9,14-18,26,28,31,77H,3,6-7,10-13,19,21-25,64H2,1-2,4-5H3/t26-,28-,31+,56-,57-/m0/s1. The van der Waals surface area contributed by atoms with E-state index in [0.717, 1.165) is 34.8 Å². The van der Waals surface area contributed by atoms with E-state index in [4.69, 9.17) is 36.5 Å². The SMILES string of the molecule is C=C(C(=O)N1CCN(c2nc(OC[C@@]34CCCN3C[C@H](F)C4)nc3c(F)c(-c4ccc(F)c5sc(N)c(C#N)c45)c(Cl)cc23)[C@@H](C)C1)[C@H](C)OC(=O)N(C)c1cc2cc3c(nc2cc1F)-c1cc2c(c(=O)n1C3)COC(=O)[C@]2(O)CC. The average molecular weight is 1150 g/mol. The van der Waals surface area contributed by atoms with Gasteiger partial charge in [0.1, 0.15) is 59.5 Å². The highest BCUT2D eigenvalue weighted by Crippen LogP contribution is 2.47. The quantitative estimate of drug-likeness (QED) is 0.0743. The number of alkyl halides is 1. The third kappa shape index (κ3) is 8.50. The van der Waals surface area contributed by atoms with Crippen molar-refractivity contribution in [1.82, 2.24) is 29.3 Å². The fourth-order valence-corrected chi connectivity index (χ4v) is 13.6. The molecule has 418 valence electrons. The number of aromatic nitrogens is 4. The number of carbonyl (C=O) groups excluding carboxylic acids is 3. The average Bonchev–Trinajstić information content (AvgIpc) is 4.28. The number of anilines is 3. The number of ether oxygens (including phenoxy) is 3. The number of piperazine rings is 1. The molecule has 9 heterocycles. The number of aliphatic hydroxyl groups is 1. The first kappa shape index (κ1) is 53.7. The van der Waals surface area contributed by atoms with Gasteiger partial charge in [-0.15, -0.1) is 11.3 Å². The van der Waals surface area contributed by atoms with E-state index < -0.39 is 70.4 Å². The van der Waals surface area contributed by atoms with Crippen molar-refractivity contribution in [2.45, 2.75) is 89.1 Å². The van der Waals surface area contributed by atoms with Crippen molar-refractivity contribution in [2.24, 2.45) is 0 Å². The van der Waals surface area contributed by atoms with Crippen LogP contribution in [0.25, 0.3) is 54.4 Å². The lowest BCUT2D eigenvalue weighted by molar-refractivity contribution is -0.172. The van der Waals surface area contributed by atoms with Gasteiger partial charge in [0.15, 0.2) is 11.4 Å². The van der Waals surface area contributed by atoms with Crippen LogP contribution in [0.4, 0.5) is 38.9 Å². The van der Waals surface area contributed by atoms with Crippen LogP contribution in [-0.2, 0) is 37.8 Å². The number of pyridine rings is 2. The summed E-state index contributed by atoms with van der Waals surface area (Å²) in [5, 5.41) is 22.0. The van der Waals surface area contributed by atoms with E-state index in [2.05, 4.69) is 21.4 Å². The van der Waals surface area contributed by atoms with Gasteiger partial charge in [-0.25, -0.2) is 32.1 Å². The van der Waals surface area contributed by atoms with Gasteiger partial charge in [-0.05, 0) is 75.5 Å². The minimum atomic E-state index is -2.02. The second-order valence-electron chi connectivity index (χ2n) is 21.4. The van der Waals surface area contributed by atoms with Crippen molar-refractivity contribution in [1.29, 1.82) is 5.26 Å². The maximum atomic E-state index is 17.5. The predicted molar refractivity (Wildman–Crippen MR) is 294 cm³/mol. The molecule has 5 aliphatic rings. The Morgan fingerprint density at radius 3 is 2.64 bits per heavy atom. The zero-order valence-corrected chi connectivity index (χ0v) is 45.7. The van der Waals surface area contributed by atoms with Crippen LogP contribution in [0.5, 0.6) is 6.01 Å². The second-order valence-corrected chi connectivity index (χ2v) is 22.8. The first-order chi connectivity index (χ1) is 38.6. The zero-order chi connectivity index (χ0) is 57.3. The maximum Gasteiger partial charge on any atom is 0.414 e. The fraction of sp³-hybridized carbons (Fsp3) is 0.368. The molecule has 7 aromatic rings. The Morgan fingerprint density at radius 2 is 1.89 bits per heavy atom. The summed E-state index contributed by atoms with van der Waals surface area (Å²) in [5.41, 5.74) is 4.37. The summed E-state index contributed by atoms with van der Waals surface area (Å²) in [6, 6.07) is 11.1. The molecule has 0 saturated carbocycles. The number of nitrogen functional groups attached to an aromatic ring is 1. The van der Waals surface area contributed by atoms with Gasteiger partial charge in [-0.2, -0.15) is 15.2 Å². The van der Waals surface area contributed by atoms with E-state index in [9.17, 15) is 33.9 Å². The first-order valence-electron chi connectivity index (χ1n) is 26.3. The molecule has 0 unspecified atom stereocenters. The molecule has 18 nitrogen and oxygen atoms in total. The van der Waals surface area contributed by atoms with Crippen molar-refractivity contribution >= 4 is 89.3 Å². The van der Waals surface area contributed by atoms with Crippen LogP contribution < -0.4 is 25.8 Å². The van der Waals surface area contributed by atoms with Crippen LogP contribution in [0.3, 0.4) is 0 Å². The van der Waals surface area contributed by atoms with E-state index >= 15 is 13.2 Å².